The van der Waals surface area contributed by atoms with Gasteiger partial charge in [-0.3, -0.25) is 0 Å². The summed E-state index contributed by atoms with van der Waals surface area (Å²) in [7, 11) is 0. The van der Waals surface area contributed by atoms with Crippen LogP contribution in [0.4, 0.5) is 13.2 Å². The lowest BCUT2D eigenvalue weighted by Crippen LogP contribution is -2.19. The maximum atomic E-state index is 13.8. The van der Waals surface area contributed by atoms with Gasteiger partial charge >= 0.3 is 12.1 Å². The van der Waals surface area contributed by atoms with Crippen molar-refractivity contribution in [3.63, 3.8) is 0 Å². The molecule has 3 aromatic carbocycles. The van der Waals surface area contributed by atoms with Gasteiger partial charge in [-0.2, -0.15) is 13.2 Å². The van der Waals surface area contributed by atoms with Crippen molar-refractivity contribution in [3.8, 4) is 11.5 Å². The summed E-state index contributed by atoms with van der Waals surface area (Å²) in [5.41, 5.74) is -1.10. The highest BCUT2D eigenvalue weighted by Crippen LogP contribution is 2.39. The monoisotopic (exact) mass is 445 g/mol. The number of ether oxygens (including phenoxy) is 2. The molecule has 8 heteroatoms. The number of benzene rings is 3. The minimum atomic E-state index is -4.73. The molecule has 0 bridgehead atoms. The van der Waals surface area contributed by atoms with E-state index in [0.29, 0.717) is 0 Å². The number of para-hydroxylation sites is 1. The van der Waals surface area contributed by atoms with Crippen molar-refractivity contribution in [2.75, 3.05) is 0 Å². The highest BCUT2D eigenvalue weighted by Gasteiger charge is 2.38. The zero-order valence-electron chi connectivity index (χ0n) is 16.4. The Morgan fingerprint density at radius 1 is 1.06 bits per heavy atom. The van der Waals surface area contributed by atoms with Crippen molar-refractivity contribution in [2.24, 2.45) is 4.40 Å². The number of halogens is 3. The molecule has 0 saturated carbocycles. The van der Waals surface area contributed by atoms with Gasteiger partial charge in [0, 0.05) is 11.8 Å². The lowest BCUT2D eigenvalue weighted by Gasteiger charge is -2.20. The molecule has 0 atom stereocenters. The number of thiol groups is 1. The predicted octanol–water partition coefficient (Wildman–Crippen LogP) is 6.08. The quantitative estimate of drug-likeness (QED) is 0.217. The third-order valence-electron chi connectivity index (χ3n) is 4.45. The van der Waals surface area contributed by atoms with E-state index in [1.54, 1.807) is 42.5 Å². The molecular formula is C23H18F3NO3S. The lowest BCUT2D eigenvalue weighted by atomic mass is 9.95. The van der Waals surface area contributed by atoms with E-state index in [1.807, 2.05) is 6.07 Å². The first-order valence-electron chi connectivity index (χ1n) is 9.17. The number of esters is 1. The summed E-state index contributed by atoms with van der Waals surface area (Å²) in [5, 5.41) is 0. The topological polar surface area (TPSA) is 47.9 Å². The molecule has 0 radical (unpaired) electrons. The Labute approximate surface area is 182 Å². The van der Waals surface area contributed by atoms with Crippen LogP contribution in [0.25, 0.3) is 0 Å². The molecule has 31 heavy (non-hydrogen) atoms. The third kappa shape index (κ3) is 5.46. The van der Waals surface area contributed by atoms with Crippen LogP contribution < -0.4 is 9.47 Å². The van der Waals surface area contributed by atoms with Crippen LogP contribution in [0.5, 0.6) is 11.5 Å². The van der Waals surface area contributed by atoms with Crippen LogP contribution in [-0.4, -0.2) is 12.2 Å². The SMILES string of the molecule is Cc1c(C(=O)Oc2ccccc2)c(OCc2ccccc2)cc(/C=N/S)c1C(F)(F)F. The number of carbonyl (C=O) groups is 1. The first kappa shape index (κ1) is 22.4. The van der Waals surface area contributed by atoms with E-state index < -0.39 is 17.7 Å². The van der Waals surface area contributed by atoms with E-state index in [0.717, 1.165) is 17.8 Å². The Bertz CT molecular complexity index is 1080. The maximum absolute atomic E-state index is 13.8. The third-order valence-corrected chi connectivity index (χ3v) is 4.56. The molecule has 0 spiro atoms. The number of alkyl halides is 3. The molecule has 0 aliphatic carbocycles. The first-order chi connectivity index (χ1) is 14.8. The van der Waals surface area contributed by atoms with Crippen molar-refractivity contribution in [3.05, 3.63) is 94.5 Å². The van der Waals surface area contributed by atoms with Crippen LogP contribution in [0.3, 0.4) is 0 Å². The van der Waals surface area contributed by atoms with Crippen LogP contribution in [0, 0.1) is 6.92 Å². The molecule has 0 unspecified atom stereocenters. The number of hydrogen-bond donors (Lipinski definition) is 1. The van der Waals surface area contributed by atoms with E-state index >= 15 is 0 Å². The number of carbonyl (C=O) groups excluding carboxylic acids is 1. The summed E-state index contributed by atoms with van der Waals surface area (Å²) in [6.07, 6.45) is -3.77. The van der Waals surface area contributed by atoms with Gasteiger partial charge in [0.05, 0.1) is 5.56 Å². The van der Waals surface area contributed by atoms with E-state index in [-0.39, 0.29) is 34.8 Å². The summed E-state index contributed by atoms with van der Waals surface area (Å²) in [6, 6.07) is 18.3. The molecule has 0 amide bonds. The lowest BCUT2D eigenvalue weighted by molar-refractivity contribution is -0.138. The summed E-state index contributed by atoms with van der Waals surface area (Å²) < 4.78 is 55.9. The van der Waals surface area contributed by atoms with Crippen molar-refractivity contribution in [1.82, 2.24) is 0 Å². The molecule has 0 heterocycles. The second-order valence-electron chi connectivity index (χ2n) is 6.56. The Morgan fingerprint density at radius 3 is 2.26 bits per heavy atom. The van der Waals surface area contributed by atoms with Crippen LogP contribution in [0.15, 0.2) is 71.1 Å². The zero-order valence-corrected chi connectivity index (χ0v) is 17.3. The smallest absolute Gasteiger partial charge is 0.417 e. The van der Waals surface area contributed by atoms with E-state index in [2.05, 4.69) is 17.2 Å². The highest BCUT2D eigenvalue weighted by molar-refractivity contribution is 7.79. The molecule has 4 nitrogen and oxygen atoms in total. The Morgan fingerprint density at radius 2 is 1.68 bits per heavy atom. The second-order valence-corrected chi connectivity index (χ2v) is 6.79. The van der Waals surface area contributed by atoms with Gasteiger partial charge in [-0.25, -0.2) is 9.19 Å². The second kappa shape index (κ2) is 9.70. The fraction of sp³-hybridized carbons (Fsp3) is 0.130. The Balaban J connectivity index is 2.10. The van der Waals surface area contributed by atoms with Gasteiger partial charge in [-0.1, -0.05) is 48.5 Å². The minimum absolute atomic E-state index is 0.0430. The van der Waals surface area contributed by atoms with Gasteiger partial charge in [-0.05, 0) is 49.1 Å². The van der Waals surface area contributed by atoms with Crippen LogP contribution >= 0.6 is 12.8 Å². The summed E-state index contributed by atoms with van der Waals surface area (Å²) in [5.74, 6) is -0.791. The van der Waals surface area contributed by atoms with Crippen LogP contribution in [0.1, 0.15) is 32.6 Å². The molecular weight excluding hydrogens is 427 g/mol. The van der Waals surface area contributed by atoms with Gasteiger partial charge in [0.15, 0.2) is 0 Å². The number of rotatable bonds is 6. The molecule has 0 aliphatic heterocycles. The molecule has 0 N–H and O–H groups in total. The molecule has 0 saturated heterocycles. The Hall–Kier alpha value is -3.26. The summed E-state index contributed by atoms with van der Waals surface area (Å²) >= 11 is 3.66. The molecule has 3 aromatic rings. The summed E-state index contributed by atoms with van der Waals surface area (Å²) in [6.45, 7) is 1.25. The normalized spacial score (nSPS) is 11.5. The maximum Gasteiger partial charge on any atom is 0.417 e. The predicted molar refractivity (Wildman–Crippen MR) is 115 cm³/mol. The average molecular weight is 445 g/mol. The van der Waals surface area contributed by atoms with Gasteiger partial charge in [-0.15, -0.1) is 0 Å². The largest absolute Gasteiger partial charge is 0.488 e. The minimum Gasteiger partial charge on any atom is -0.488 e. The van der Waals surface area contributed by atoms with Crippen molar-refractivity contribution < 1.29 is 27.4 Å². The van der Waals surface area contributed by atoms with Crippen molar-refractivity contribution in [2.45, 2.75) is 19.7 Å². The van der Waals surface area contributed by atoms with E-state index in [4.69, 9.17) is 9.47 Å². The molecule has 0 fully saturated rings. The van der Waals surface area contributed by atoms with E-state index in [1.165, 1.54) is 19.1 Å². The van der Waals surface area contributed by atoms with Crippen LogP contribution in [-0.2, 0) is 12.8 Å². The Kier molecular flexibility index (Phi) is 7.02. The van der Waals surface area contributed by atoms with Crippen molar-refractivity contribution in [1.29, 1.82) is 0 Å². The van der Waals surface area contributed by atoms with Gasteiger partial charge < -0.3 is 9.47 Å². The van der Waals surface area contributed by atoms with Crippen molar-refractivity contribution >= 4 is 25.0 Å². The van der Waals surface area contributed by atoms with Gasteiger partial charge in [0.25, 0.3) is 0 Å². The first-order valence-corrected chi connectivity index (χ1v) is 9.57. The number of hydrogen-bond acceptors (Lipinski definition) is 5. The molecule has 160 valence electrons. The fourth-order valence-electron chi connectivity index (χ4n) is 3.10. The molecule has 0 aromatic heterocycles. The fourth-order valence-corrected chi connectivity index (χ4v) is 3.23. The van der Waals surface area contributed by atoms with Gasteiger partial charge in [0.2, 0.25) is 0 Å². The number of nitrogens with zero attached hydrogens (tertiary/aromatic N) is 1. The van der Waals surface area contributed by atoms with Gasteiger partial charge in [0.1, 0.15) is 23.7 Å². The standard InChI is InChI=1S/C23H18F3NO3S/c1-15-20(22(28)30-18-10-6-3-7-11-18)19(29-14-16-8-4-2-5-9-16)12-17(13-27-31)21(15)23(24,25)26/h2-13,31H,14H2,1H3/b27-13+. The molecule has 0 aliphatic rings. The molecule has 3 rings (SSSR count). The van der Waals surface area contributed by atoms with E-state index in [9.17, 15) is 18.0 Å². The summed E-state index contributed by atoms with van der Waals surface area (Å²) in [4.78, 5) is 12.9. The average Bonchev–Trinajstić information content (AvgIpc) is 2.72. The highest BCUT2D eigenvalue weighted by atomic mass is 32.1. The zero-order chi connectivity index (χ0) is 22.4. The van der Waals surface area contributed by atoms with Crippen LogP contribution in [0.2, 0.25) is 0 Å².